The van der Waals surface area contributed by atoms with Crippen molar-refractivity contribution < 1.29 is 0 Å². The minimum Gasteiger partial charge on any atom is -0.241 e. The Labute approximate surface area is 108 Å². The van der Waals surface area contributed by atoms with Crippen LogP contribution >= 0.6 is 11.3 Å². The number of thiazole rings is 1. The normalized spacial score (nSPS) is 12.0. The molecule has 0 spiro atoms. The lowest BCUT2D eigenvalue weighted by Gasteiger charge is -2.12. The number of hydrogen-bond acceptors (Lipinski definition) is 2. The quantitative estimate of drug-likeness (QED) is 0.714. The lowest BCUT2D eigenvalue weighted by molar-refractivity contribution is 0.852. The minimum atomic E-state index is 0.523. The molecule has 17 heavy (non-hydrogen) atoms. The van der Waals surface area contributed by atoms with Crippen molar-refractivity contribution in [2.75, 3.05) is 0 Å². The largest absolute Gasteiger partial charge is 0.241 e. The summed E-state index contributed by atoms with van der Waals surface area (Å²) in [6.07, 6.45) is 0. The van der Waals surface area contributed by atoms with Gasteiger partial charge in [-0.2, -0.15) is 0 Å². The van der Waals surface area contributed by atoms with Crippen LogP contribution in [0.15, 0.2) is 6.07 Å². The van der Waals surface area contributed by atoms with Crippen LogP contribution in [0, 0.1) is 13.8 Å². The first-order valence-electron chi connectivity index (χ1n) is 6.32. The molecule has 0 saturated heterocycles. The van der Waals surface area contributed by atoms with E-state index in [1.54, 1.807) is 0 Å². The van der Waals surface area contributed by atoms with Gasteiger partial charge in [-0.15, -0.1) is 11.3 Å². The van der Waals surface area contributed by atoms with Crippen LogP contribution in [0.5, 0.6) is 0 Å². The van der Waals surface area contributed by atoms with Crippen LogP contribution in [-0.4, -0.2) is 4.98 Å². The Kier molecular flexibility index (Phi) is 3.26. The lowest BCUT2D eigenvalue weighted by Crippen LogP contribution is -1.95. The van der Waals surface area contributed by atoms with E-state index in [0.717, 1.165) is 0 Å². The zero-order chi connectivity index (χ0) is 12.7. The number of aryl methyl sites for hydroxylation is 1. The van der Waals surface area contributed by atoms with E-state index in [1.165, 1.54) is 31.9 Å². The molecule has 0 amide bonds. The summed E-state index contributed by atoms with van der Waals surface area (Å²) in [5.74, 6) is 1.11. The molecule has 2 aromatic rings. The molecule has 1 aromatic carbocycles. The van der Waals surface area contributed by atoms with E-state index in [4.69, 9.17) is 4.98 Å². The highest BCUT2D eigenvalue weighted by atomic mass is 32.1. The molecule has 1 heterocycles. The topological polar surface area (TPSA) is 12.9 Å². The van der Waals surface area contributed by atoms with Crippen LogP contribution in [-0.2, 0) is 0 Å². The Hall–Kier alpha value is -0.890. The van der Waals surface area contributed by atoms with E-state index in [0.29, 0.717) is 11.8 Å². The number of hydrogen-bond donors (Lipinski definition) is 0. The van der Waals surface area contributed by atoms with E-state index in [1.807, 2.05) is 11.3 Å². The summed E-state index contributed by atoms with van der Waals surface area (Å²) < 4.78 is 1.35. The van der Waals surface area contributed by atoms with Crippen molar-refractivity contribution in [2.24, 2.45) is 0 Å². The SMILES string of the molecule is Cc1c(C(C)C)cc2sc(C(C)C)nc2c1C. The third kappa shape index (κ3) is 2.11. The van der Waals surface area contributed by atoms with Gasteiger partial charge >= 0.3 is 0 Å². The average Bonchev–Trinajstić information content (AvgIpc) is 2.67. The van der Waals surface area contributed by atoms with Gasteiger partial charge in [0.05, 0.1) is 15.2 Å². The molecule has 1 nitrogen and oxygen atoms in total. The molecule has 0 N–H and O–H groups in total. The molecule has 0 bridgehead atoms. The summed E-state index contributed by atoms with van der Waals surface area (Å²) >= 11 is 1.85. The molecule has 0 radical (unpaired) electrons. The molecule has 1 aromatic heterocycles. The first-order valence-corrected chi connectivity index (χ1v) is 7.14. The van der Waals surface area contributed by atoms with Crippen molar-refractivity contribution in [1.82, 2.24) is 4.98 Å². The van der Waals surface area contributed by atoms with Crippen LogP contribution in [0.1, 0.15) is 61.2 Å². The van der Waals surface area contributed by atoms with Crippen molar-refractivity contribution in [1.29, 1.82) is 0 Å². The molecule has 0 unspecified atom stereocenters. The summed E-state index contributed by atoms with van der Waals surface area (Å²) in [4.78, 5) is 4.79. The Morgan fingerprint density at radius 2 is 1.65 bits per heavy atom. The third-order valence-electron chi connectivity index (χ3n) is 3.42. The first-order chi connectivity index (χ1) is 7.91. The lowest BCUT2D eigenvalue weighted by atomic mass is 9.94. The Bertz CT molecular complexity index is 550. The van der Waals surface area contributed by atoms with Crippen LogP contribution in [0.25, 0.3) is 10.2 Å². The van der Waals surface area contributed by atoms with Crippen LogP contribution in [0.3, 0.4) is 0 Å². The van der Waals surface area contributed by atoms with Gasteiger partial charge in [-0.25, -0.2) is 4.98 Å². The fourth-order valence-corrected chi connectivity index (χ4v) is 3.29. The molecule has 0 fully saturated rings. The highest BCUT2D eigenvalue weighted by Gasteiger charge is 2.14. The standard InChI is InChI=1S/C15H21NS/c1-8(2)12-7-13-14(11(6)10(12)5)16-15(17-13)9(3)4/h7-9H,1-6H3. The van der Waals surface area contributed by atoms with Crippen molar-refractivity contribution in [3.8, 4) is 0 Å². The highest BCUT2D eigenvalue weighted by molar-refractivity contribution is 7.18. The van der Waals surface area contributed by atoms with E-state index in [9.17, 15) is 0 Å². The second-order valence-corrected chi connectivity index (χ2v) is 6.49. The third-order valence-corrected chi connectivity index (χ3v) is 4.73. The summed E-state index contributed by atoms with van der Waals surface area (Å²) in [6, 6.07) is 2.34. The maximum absolute atomic E-state index is 4.79. The van der Waals surface area contributed by atoms with Crippen molar-refractivity contribution in [3.05, 3.63) is 27.8 Å². The van der Waals surface area contributed by atoms with Gasteiger partial charge in [-0.05, 0) is 42.5 Å². The van der Waals surface area contributed by atoms with E-state index < -0.39 is 0 Å². The molecule has 2 rings (SSSR count). The first kappa shape index (κ1) is 12.6. The molecule has 92 valence electrons. The maximum Gasteiger partial charge on any atom is 0.0964 e. The Morgan fingerprint density at radius 1 is 1.00 bits per heavy atom. The van der Waals surface area contributed by atoms with Crippen LogP contribution in [0.2, 0.25) is 0 Å². The molecule has 0 atom stereocenters. The zero-order valence-corrected chi connectivity index (χ0v) is 12.4. The van der Waals surface area contributed by atoms with Gasteiger partial charge < -0.3 is 0 Å². The van der Waals surface area contributed by atoms with Crippen molar-refractivity contribution in [2.45, 2.75) is 53.4 Å². The van der Waals surface area contributed by atoms with Gasteiger partial charge in [0.25, 0.3) is 0 Å². The fourth-order valence-electron chi connectivity index (χ4n) is 2.21. The predicted molar refractivity (Wildman–Crippen MR) is 77.3 cm³/mol. The Morgan fingerprint density at radius 3 is 2.18 bits per heavy atom. The number of benzene rings is 1. The second kappa shape index (κ2) is 4.41. The van der Waals surface area contributed by atoms with E-state index >= 15 is 0 Å². The summed E-state index contributed by atoms with van der Waals surface area (Å²) in [6.45, 7) is 13.4. The number of nitrogens with zero attached hydrogens (tertiary/aromatic N) is 1. The molecule has 0 saturated carbocycles. The summed E-state index contributed by atoms with van der Waals surface area (Å²) in [5.41, 5.74) is 5.44. The molecule has 0 aliphatic rings. The van der Waals surface area contributed by atoms with E-state index in [-0.39, 0.29) is 0 Å². The van der Waals surface area contributed by atoms with E-state index in [2.05, 4.69) is 47.6 Å². The van der Waals surface area contributed by atoms with Crippen LogP contribution in [0.4, 0.5) is 0 Å². The molecular weight excluding hydrogens is 226 g/mol. The van der Waals surface area contributed by atoms with Gasteiger partial charge in [0.2, 0.25) is 0 Å². The van der Waals surface area contributed by atoms with Crippen LogP contribution < -0.4 is 0 Å². The molecular formula is C15H21NS. The fraction of sp³-hybridized carbons (Fsp3) is 0.533. The van der Waals surface area contributed by atoms with Gasteiger partial charge in [-0.1, -0.05) is 27.7 Å². The molecule has 0 aliphatic heterocycles. The van der Waals surface area contributed by atoms with Gasteiger partial charge in [0.15, 0.2) is 0 Å². The maximum atomic E-state index is 4.79. The minimum absolute atomic E-state index is 0.523. The second-order valence-electron chi connectivity index (χ2n) is 5.42. The Balaban J connectivity index is 2.73. The molecule has 2 heteroatoms. The van der Waals surface area contributed by atoms with Crippen molar-refractivity contribution >= 4 is 21.6 Å². The van der Waals surface area contributed by atoms with Gasteiger partial charge in [0, 0.05) is 5.92 Å². The summed E-state index contributed by atoms with van der Waals surface area (Å²) in [7, 11) is 0. The average molecular weight is 247 g/mol. The number of rotatable bonds is 2. The summed E-state index contributed by atoms with van der Waals surface area (Å²) in [5, 5.41) is 1.25. The highest BCUT2D eigenvalue weighted by Crippen LogP contribution is 2.34. The smallest absolute Gasteiger partial charge is 0.0964 e. The zero-order valence-electron chi connectivity index (χ0n) is 11.6. The predicted octanol–water partition coefficient (Wildman–Crippen LogP) is 5.16. The van der Waals surface area contributed by atoms with Gasteiger partial charge in [-0.3, -0.25) is 0 Å². The number of fused-ring (bicyclic) bond motifs is 1. The molecule has 0 aliphatic carbocycles. The number of aromatic nitrogens is 1. The monoisotopic (exact) mass is 247 g/mol. The van der Waals surface area contributed by atoms with Crippen molar-refractivity contribution in [3.63, 3.8) is 0 Å². The van der Waals surface area contributed by atoms with Gasteiger partial charge in [0.1, 0.15) is 0 Å².